The Morgan fingerprint density at radius 3 is 1.66 bits per heavy atom. The number of halogens is 5. The molecule has 11 heteroatoms. The topological polar surface area (TPSA) is 86.7 Å². The van der Waals surface area contributed by atoms with E-state index in [0.717, 1.165) is 111 Å². The number of hydrogen-bond acceptors (Lipinski definition) is 6. The van der Waals surface area contributed by atoms with Crippen LogP contribution in [-0.2, 0) is 30.4 Å². The number of ketones is 4. The summed E-state index contributed by atoms with van der Waals surface area (Å²) in [6.07, 6.45) is 5.79. The predicted molar refractivity (Wildman–Crippen MR) is 269 cm³/mol. The fraction of sp³-hybridized carbons (Fsp3) is 0.370. The minimum Gasteiger partial charge on any atom is -0.496 e. The third kappa shape index (κ3) is 10.7. The SMILES string of the molecule is COCCC1Cc2cccc(Cl)c2C1=O.COc1cc(Br)c2c(c1-c1ccccc1)CC(C)C2=O.Cc1c(C)c(Cl)c2c(c1C)CC(C)C2=O.O=C1c2c(Cl)cccc2CC1CCCCl. The molecule has 4 aliphatic rings. The summed E-state index contributed by atoms with van der Waals surface area (Å²) in [5.74, 6) is 2.50. The molecule has 0 amide bonds. The molecule has 6 nitrogen and oxygen atoms in total. The van der Waals surface area contributed by atoms with E-state index in [1.807, 2.05) is 69.3 Å². The Bertz CT molecular complexity index is 2550. The van der Waals surface area contributed by atoms with Crippen LogP contribution < -0.4 is 4.74 Å². The molecule has 65 heavy (non-hydrogen) atoms. The molecule has 5 aromatic carbocycles. The molecule has 342 valence electrons. The number of ether oxygens (including phenoxy) is 2. The molecule has 0 radical (unpaired) electrons. The van der Waals surface area contributed by atoms with Crippen molar-refractivity contribution in [2.45, 2.75) is 79.6 Å². The van der Waals surface area contributed by atoms with Gasteiger partial charge in [-0.05, 0) is 144 Å². The molecule has 0 saturated heterocycles. The molecule has 4 aliphatic carbocycles. The van der Waals surface area contributed by atoms with Crippen molar-refractivity contribution < 1.29 is 28.7 Å². The monoisotopic (exact) mass is 1020 g/mol. The van der Waals surface area contributed by atoms with Gasteiger partial charge in [0.1, 0.15) is 5.75 Å². The molecule has 4 unspecified atom stereocenters. The van der Waals surface area contributed by atoms with Crippen molar-refractivity contribution in [1.29, 1.82) is 0 Å². The zero-order valence-corrected chi connectivity index (χ0v) is 42.6. The number of benzene rings is 5. The van der Waals surface area contributed by atoms with Crippen LogP contribution in [0.25, 0.3) is 11.1 Å². The van der Waals surface area contributed by atoms with Gasteiger partial charge in [-0.1, -0.05) is 103 Å². The van der Waals surface area contributed by atoms with E-state index in [2.05, 4.69) is 41.9 Å². The average molecular weight is 1020 g/mol. The van der Waals surface area contributed by atoms with E-state index in [-0.39, 0.29) is 46.8 Å². The quantitative estimate of drug-likeness (QED) is 0.144. The second-order valence-corrected chi connectivity index (χ2v) is 19.8. The van der Waals surface area contributed by atoms with E-state index in [9.17, 15) is 19.2 Å². The molecule has 5 aromatic rings. The lowest BCUT2D eigenvalue weighted by atomic mass is 9.95. The van der Waals surface area contributed by atoms with E-state index in [0.29, 0.717) is 27.6 Å². The first-order valence-electron chi connectivity index (χ1n) is 22.0. The second kappa shape index (κ2) is 22.3. The van der Waals surface area contributed by atoms with E-state index in [1.165, 1.54) is 16.7 Å². The molecule has 0 aromatic heterocycles. The van der Waals surface area contributed by atoms with Gasteiger partial charge in [0.25, 0.3) is 0 Å². The first kappa shape index (κ1) is 50.6. The smallest absolute Gasteiger partial charge is 0.168 e. The number of methoxy groups -OCH3 is 2. The standard InChI is InChI=1S/C17H15BrO2.C13H15ClO.C12H12Cl2O.C12H13ClO2/c1-10-8-12-15(11-6-4-3-5-7-11)14(20-2)9-13(18)16(12)17(10)19;1-6-5-10-8(3)7(2)9(4)12(14)11(10)13(6)15;13-6-2-4-9-7-8-3-1-5-10(14)11(8)12(9)15;1-15-6-5-9-7-8-3-2-4-10(13)11(8)12(9)14/h3-7,9-10H,8H2,1-2H3;6H,5H2,1-4H3;1,3,5,9H,2,4,6-7H2;2-4,9H,5-7H2,1H3. The molecule has 0 fully saturated rings. The van der Waals surface area contributed by atoms with Crippen LogP contribution in [0.15, 0.2) is 77.3 Å². The van der Waals surface area contributed by atoms with Gasteiger partial charge in [-0.3, -0.25) is 19.2 Å². The summed E-state index contributed by atoms with van der Waals surface area (Å²) in [6.45, 7) is 10.7. The van der Waals surface area contributed by atoms with Crippen LogP contribution in [0.4, 0.5) is 0 Å². The Balaban J connectivity index is 0.000000145. The van der Waals surface area contributed by atoms with E-state index >= 15 is 0 Å². The maximum absolute atomic E-state index is 12.3. The minimum absolute atomic E-state index is 0.0378. The molecule has 9 rings (SSSR count). The van der Waals surface area contributed by atoms with Crippen molar-refractivity contribution >= 4 is 85.5 Å². The second-order valence-electron chi connectivity index (χ2n) is 17.3. The molecule has 0 bridgehead atoms. The van der Waals surface area contributed by atoms with Crippen LogP contribution in [0.1, 0.15) is 113 Å². The van der Waals surface area contributed by atoms with Crippen LogP contribution in [0.5, 0.6) is 5.75 Å². The third-order valence-electron chi connectivity index (χ3n) is 13.2. The number of hydrogen-bond donors (Lipinski definition) is 0. The van der Waals surface area contributed by atoms with Gasteiger partial charge >= 0.3 is 0 Å². The first-order chi connectivity index (χ1) is 31.1. The summed E-state index contributed by atoms with van der Waals surface area (Å²) in [6, 6.07) is 23.3. The Hall–Kier alpha value is -3.82. The van der Waals surface area contributed by atoms with Crippen molar-refractivity contribution in [3.8, 4) is 16.9 Å². The lowest BCUT2D eigenvalue weighted by molar-refractivity contribution is 0.0897. The lowest BCUT2D eigenvalue weighted by Gasteiger charge is -2.15. The highest BCUT2D eigenvalue weighted by atomic mass is 79.9. The molecule has 4 atom stereocenters. The van der Waals surface area contributed by atoms with Gasteiger partial charge in [-0.15, -0.1) is 11.6 Å². The molecule has 0 saturated carbocycles. The summed E-state index contributed by atoms with van der Waals surface area (Å²) in [5.41, 5.74) is 13.1. The van der Waals surface area contributed by atoms with Gasteiger partial charge in [0.05, 0.1) is 22.2 Å². The molecular formula is C54H55BrCl4O6. The Kier molecular flexibility index (Phi) is 17.4. The van der Waals surface area contributed by atoms with Crippen molar-refractivity contribution in [3.05, 3.63) is 154 Å². The molecule has 0 N–H and O–H groups in total. The van der Waals surface area contributed by atoms with Gasteiger partial charge in [0, 0.05) is 75.6 Å². The predicted octanol–water partition coefficient (Wildman–Crippen LogP) is 14.6. The fourth-order valence-electron chi connectivity index (χ4n) is 9.42. The molecule has 0 aliphatic heterocycles. The van der Waals surface area contributed by atoms with Crippen molar-refractivity contribution in [2.24, 2.45) is 23.7 Å². The largest absolute Gasteiger partial charge is 0.496 e. The van der Waals surface area contributed by atoms with Crippen LogP contribution in [-0.4, -0.2) is 49.8 Å². The van der Waals surface area contributed by atoms with E-state index in [1.54, 1.807) is 26.4 Å². The Morgan fingerprint density at radius 2 is 1.14 bits per heavy atom. The van der Waals surface area contributed by atoms with Gasteiger partial charge in [0.2, 0.25) is 0 Å². The van der Waals surface area contributed by atoms with Crippen LogP contribution in [0.2, 0.25) is 15.1 Å². The van der Waals surface area contributed by atoms with Gasteiger partial charge in [-0.25, -0.2) is 0 Å². The number of carbonyl (C=O) groups is 4. The number of alkyl halides is 1. The summed E-state index contributed by atoms with van der Waals surface area (Å²) in [4.78, 5) is 48.3. The van der Waals surface area contributed by atoms with Crippen molar-refractivity contribution in [1.82, 2.24) is 0 Å². The van der Waals surface area contributed by atoms with E-state index in [4.69, 9.17) is 55.9 Å². The molecular weight excluding hydrogens is 966 g/mol. The summed E-state index contributed by atoms with van der Waals surface area (Å²) < 4.78 is 11.4. The molecule has 0 spiro atoms. The number of carbonyl (C=O) groups excluding carboxylic acids is 4. The first-order valence-corrected chi connectivity index (χ1v) is 24.5. The van der Waals surface area contributed by atoms with Crippen LogP contribution in [0.3, 0.4) is 0 Å². The minimum atomic E-state index is 0.0378. The summed E-state index contributed by atoms with van der Waals surface area (Å²) in [7, 11) is 3.32. The Morgan fingerprint density at radius 1 is 0.600 bits per heavy atom. The van der Waals surface area contributed by atoms with E-state index < -0.39 is 0 Å². The summed E-state index contributed by atoms with van der Waals surface area (Å²) >= 11 is 27.4. The van der Waals surface area contributed by atoms with Gasteiger partial charge in [0.15, 0.2) is 23.1 Å². The Labute approximate surface area is 411 Å². The maximum Gasteiger partial charge on any atom is 0.168 e. The zero-order chi connectivity index (χ0) is 47.3. The van der Waals surface area contributed by atoms with Crippen molar-refractivity contribution in [3.63, 3.8) is 0 Å². The third-order valence-corrected chi connectivity index (χ3v) is 15.2. The molecule has 0 heterocycles. The van der Waals surface area contributed by atoms with Crippen molar-refractivity contribution in [2.75, 3.05) is 26.7 Å². The normalized spacial score (nSPS) is 18.7. The highest BCUT2D eigenvalue weighted by Crippen LogP contribution is 2.45. The highest BCUT2D eigenvalue weighted by molar-refractivity contribution is 9.10. The number of rotatable bonds is 8. The fourth-order valence-corrected chi connectivity index (χ4v) is 11.1. The zero-order valence-electron chi connectivity index (χ0n) is 37.9. The number of fused-ring (bicyclic) bond motifs is 4. The lowest BCUT2D eigenvalue weighted by Crippen LogP contribution is -2.11. The number of Topliss-reactive ketones (excluding diaryl/α,β-unsaturated/α-hetero) is 4. The maximum atomic E-state index is 12.3. The summed E-state index contributed by atoms with van der Waals surface area (Å²) in [5, 5.41) is 1.84. The van der Waals surface area contributed by atoms with Crippen LogP contribution in [0, 0.1) is 44.4 Å². The van der Waals surface area contributed by atoms with Gasteiger partial charge in [-0.2, -0.15) is 0 Å². The van der Waals surface area contributed by atoms with Crippen LogP contribution >= 0.6 is 62.3 Å². The highest BCUT2D eigenvalue weighted by Gasteiger charge is 2.35. The van der Waals surface area contributed by atoms with Gasteiger partial charge < -0.3 is 9.47 Å². The average Bonchev–Trinajstić information content (AvgIpc) is 4.00.